The van der Waals surface area contributed by atoms with Crippen molar-refractivity contribution in [1.29, 1.82) is 0 Å². The Labute approximate surface area is 411 Å². The smallest absolute Gasteiger partial charge is 0.273 e. The second-order valence-corrected chi connectivity index (χ2v) is 20.8. The number of ketones is 1. The van der Waals surface area contributed by atoms with Gasteiger partial charge in [-0.3, -0.25) is 14.9 Å². The number of nitrogens with one attached hydrogen (secondary N) is 2. The van der Waals surface area contributed by atoms with Crippen LogP contribution in [-0.4, -0.2) is 54.1 Å². The Morgan fingerprint density at radius 3 is 2.38 bits per heavy atom. The highest BCUT2D eigenvalue weighted by molar-refractivity contribution is 9.10. The highest BCUT2D eigenvalue weighted by Crippen LogP contribution is 2.54. The zero-order valence-electron chi connectivity index (χ0n) is 39.2. The molecule has 360 valence electrons. The molecule has 8 aliphatic rings. The van der Waals surface area contributed by atoms with Gasteiger partial charge in [-0.1, -0.05) is 76.2 Å². The van der Waals surface area contributed by atoms with Crippen LogP contribution >= 0.6 is 15.9 Å². The van der Waals surface area contributed by atoms with Crippen molar-refractivity contribution in [2.45, 2.75) is 88.8 Å². The van der Waals surface area contributed by atoms with E-state index in [1.54, 1.807) is 32.2 Å². The van der Waals surface area contributed by atoms with Crippen molar-refractivity contribution in [1.82, 2.24) is 0 Å². The number of carbonyl (C=O) groups excluding carboxylic acids is 1. The van der Waals surface area contributed by atoms with E-state index in [-0.39, 0.29) is 59.0 Å². The number of rotatable bonds is 7. The van der Waals surface area contributed by atoms with Crippen molar-refractivity contribution in [3.05, 3.63) is 157 Å². The van der Waals surface area contributed by atoms with Crippen molar-refractivity contribution in [3.63, 3.8) is 0 Å². The van der Waals surface area contributed by atoms with E-state index >= 15 is 0 Å². The standard InChI is InChI=1S/C21H18BrNO3.C19H22N2O3.C16H20O3/c1-11(24)12-5-6-18-15(7-12)13-3-2-4-14(13)21(23-18)16-8-19-20(9-17(16)22)26-10-25-19;1-24-17-11-13(21(22)23)10-16-14-8-5-9-15(14)18(20-19(16)17)12-6-3-2-4-7-12;1-11-6-7-16(9-17)8-14(11)15(19-10-16)12-2-4-13(18)5-3-12/h2-3,5-9,13-14,21,23H,4,10H2,1H3;2-3,5,8,10-12,14-15,18,20H,4,6-7,9H2,1H3;2-6,14-15,17-18H,7-10H2,1H3/t13-,14+,21-;;/m1../s1. The monoisotopic (exact) mass is 997 g/mol. The van der Waals surface area contributed by atoms with Crippen LogP contribution in [0, 0.1) is 39.2 Å². The van der Waals surface area contributed by atoms with E-state index in [1.165, 1.54) is 29.2 Å². The summed E-state index contributed by atoms with van der Waals surface area (Å²) in [6, 6.07) is 21.1. The molecule has 2 bridgehead atoms. The molecule has 0 aromatic heterocycles. The van der Waals surface area contributed by atoms with Gasteiger partial charge >= 0.3 is 0 Å². The van der Waals surface area contributed by atoms with Gasteiger partial charge in [0.15, 0.2) is 17.3 Å². The number of nitro benzene ring substituents is 1. The number of carbonyl (C=O) groups is 1. The molecule has 0 amide bonds. The number of benzene rings is 4. The summed E-state index contributed by atoms with van der Waals surface area (Å²) >= 11 is 3.71. The van der Waals surface area contributed by atoms with E-state index in [0.29, 0.717) is 48.0 Å². The van der Waals surface area contributed by atoms with Crippen LogP contribution in [0.1, 0.15) is 115 Å². The number of nitrogens with zero attached hydrogens (tertiary/aromatic N) is 1. The normalized spacial score (nSPS) is 29.2. The number of ether oxygens (including phenoxy) is 4. The molecular weight excluding hydrogens is 939 g/mol. The number of phenolic OH excluding ortho intramolecular Hbond substituents is 1. The number of non-ortho nitro benzene ring substituents is 1. The number of aliphatic hydroxyl groups excluding tert-OH is 1. The number of allylic oxidation sites excluding steroid dienone is 7. The summed E-state index contributed by atoms with van der Waals surface area (Å²) in [5.41, 5.74) is 8.66. The maximum absolute atomic E-state index is 11.8. The van der Waals surface area contributed by atoms with Crippen molar-refractivity contribution in [2.75, 3.05) is 37.8 Å². The Morgan fingerprint density at radius 2 is 1.67 bits per heavy atom. The van der Waals surface area contributed by atoms with Crippen molar-refractivity contribution < 1.29 is 38.9 Å². The molecule has 12 nitrogen and oxygen atoms in total. The highest BCUT2D eigenvalue weighted by atomic mass is 79.9. The Bertz CT molecular complexity index is 2750. The molecule has 69 heavy (non-hydrogen) atoms. The van der Waals surface area contributed by atoms with Gasteiger partial charge in [-0.25, -0.2) is 0 Å². The van der Waals surface area contributed by atoms with Gasteiger partial charge in [-0.05, 0) is 141 Å². The van der Waals surface area contributed by atoms with Crippen LogP contribution in [0.3, 0.4) is 0 Å². The number of aliphatic hydroxyl groups is 1. The van der Waals surface area contributed by atoms with E-state index in [1.807, 2.05) is 36.4 Å². The molecule has 10 atom stereocenters. The third-order valence-corrected chi connectivity index (χ3v) is 16.6. The fourth-order valence-corrected chi connectivity index (χ4v) is 12.7. The molecular formula is C56H60BrN3O9. The van der Waals surface area contributed by atoms with E-state index in [4.69, 9.17) is 18.9 Å². The third kappa shape index (κ3) is 9.09. The van der Waals surface area contributed by atoms with Crippen molar-refractivity contribution in [3.8, 4) is 23.0 Å². The number of Topliss-reactive ketones (excluding diaryl/α,β-unsaturated/α-hetero) is 1. The number of anilines is 2. The zero-order valence-corrected chi connectivity index (χ0v) is 40.8. The van der Waals surface area contributed by atoms with Crippen LogP contribution in [0.15, 0.2) is 119 Å². The maximum Gasteiger partial charge on any atom is 0.273 e. The van der Waals surface area contributed by atoms with Gasteiger partial charge in [0, 0.05) is 51.0 Å². The molecule has 4 heterocycles. The molecule has 4 aliphatic carbocycles. The van der Waals surface area contributed by atoms with Gasteiger partial charge in [-0.2, -0.15) is 0 Å². The Morgan fingerprint density at radius 1 is 0.913 bits per heavy atom. The Kier molecular flexibility index (Phi) is 13.2. The number of methoxy groups -OCH3 is 1. The first-order valence-electron chi connectivity index (χ1n) is 24.2. The molecule has 1 saturated heterocycles. The maximum atomic E-state index is 11.8. The quantitative estimate of drug-likeness (QED) is 0.0603. The van der Waals surface area contributed by atoms with E-state index < -0.39 is 0 Å². The number of aromatic hydroxyl groups is 1. The van der Waals surface area contributed by atoms with Crippen LogP contribution in [0.5, 0.6) is 23.0 Å². The average Bonchev–Trinajstić information content (AvgIpc) is 4.18. The van der Waals surface area contributed by atoms with Gasteiger partial charge in [-0.15, -0.1) is 0 Å². The van der Waals surface area contributed by atoms with Gasteiger partial charge in [0.1, 0.15) is 11.5 Å². The van der Waals surface area contributed by atoms with E-state index in [9.17, 15) is 25.1 Å². The number of phenols is 1. The molecule has 4 aromatic carbocycles. The largest absolute Gasteiger partial charge is 0.508 e. The molecule has 7 unspecified atom stereocenters. The topological polar surface area (TPSA) is 162 Å². The first-order chi connectivity index (χ1) is 33.4. The number of hydrogen-bond acceptors (Lipinski definition) is 11. The van der Waals surface area contributed by atoms with Gasteiger partial charge in [0.2, 0.25) is 6.79 Å². The molecule has 4 aliphatic heterocycles. The third-order valence-electron chi connectivity index (χ3n) is 15.9. The fraction of sp³-hybridized carbons (Fsp3) is 0.411. The molecule has 0 spiro atoms. The predicted octanol–water partition coefficient (Wildman–Crippen LogP) is 12.4. The van der Waals surface area contributed by atoms with Gasteiger partial charge in [0.25, 0.3) is 5.69 Å². The lowest BCUT2D eigenvalue weighted by Gasteiger charge is -2.47. The molecule has 0 saturated carbocycles. The average molecular weight is 999 g/mol. The SMILES string of the molecule is CC(=O)c1ccc2c(c1)[C@@H]1C=CC[C@@H]1[C@H](c1cc3c(cc1Br)OCO3)N2.CC1=CCC2(CO)COC(c3ccc(O)cc3)C1C2.COc1cc([N+](=O)[O-])cc2c1NC(C1CC=CCC1)C1CC=CC21. The minimum absolute atomic E-state index is 0.0387. The fourth-order valence-electron chi connectivity index (χ4n) is 12.1. The van der Waals surface area contributed by atoms with Crippen molar-refractivity contribution in [2.24, 2.45) is 29.1 Å². The number of halogens is 1. The number of nitro groups is 1. The Balaban J connectivity index is 0.000000122. The second-order valence-electron chi connectivity index (χ2n) is 19.9. The second kappa shape index (κ2) is 19.5. The van der Waals surface area contributed by atoms with Crippen LogP contribution in [0.2, 0.25) is 0 Å². The van der Waals surface area contributed by atoms with E-state index in [2.05, 4.69) is 82.1 Å². The summed E-state index contributed by atoms with van der Waals surface area (Å²) in [7, 11) is 1.58. The highest BCUT2D eigenvalue weighted by Gasteiger charge is 2.45. The van der Waals surface area contributed by atoms with Crippen LogP contribution < -0.4 is 24.8 Å². The molecule has 13 heteroatoms. The lowest BCUT2D eigenvalue weighted by atomic mass is 9.67. The summed E-state index contributed by atoms with van der Waals surface area (Å²) in [5.74, 6) is 4.91. The number of fused-ring (bicyclic) bond motifs is 9. The first kappa shape index (κ1) is 46.8. The summed E-state index contributed by atoms with van der Waals surface area (Å²) in [4.78, 5) is 22.7. The van der Waals surface area contributed by atoms with Gasteiger partial charge in [0.05, 0.1) is 49.1 Å². The minimum atomic E-state index is -0.339. The molecule has 12 rings (SSSR count). The first-order valence-corrected chi connectivity index (χ1v) is 25.0. The summed E-state index contributed by atoms with van der Waals surface area (Å²) < 4.78 is 23.6. The van der Waals surface area contributed by atoms with Crippen LogP contribution in [0.25, 0.3) is 0 Å². The Hall–Kier alpha value is -5.89. The lowest BCUT2D eigenvalue weighted by Crippen LogP contribution is -2.43. The van der Waals surface area contributed by atoms with Crippen LogP contribution in [0.4, 0.5) is 17.1 Å². The zero-order chi connectivity index (χ0) is 48.0. The molecule has 0 radical (unpaired) electrons. The minimum Gasteiger partial charge on any atom is -0.508 e. The summed E-state index contributed by atoms with van der Waals surface area (Å²) in [6.07, 6.45) is 23.2. The summed E-state index contributed by atoms with van der Waals surface area (Å²) in [5, 5.41) is 37.7. The summed E-state index contributed by atoms with van der Waals surface area (Å²) in [6.45, 7) is 4.83. The van der Waals surface area contributed by atoms with Gasteiger partial charge < -0.3 is 39.8 Å². The van der Waals surface area contributed by atoms with E-state index in [0.717, 1.165) is 82.6 Å². The molecule has 4 N–H and O–H groups in total. The lowest BCUT2D eigenvalue weighted by molar-refractivity contribution is -0.385. The van der Waals surface area contributed by atoms with Crippen molar-refractivity contribution >= 4 is 38.8 Å². The predicted molar refractivity (Wildman–Crippen MR) is 269 cm³/mol. The number of hydrogen-bond donors (Lipinski definition) is 4. The molecule has 1 fully saturated rings. The molecule has 4 aromatic rings. The van der Waals surface area contributed by atoms with Crippen LogP contribution in [-0.2, 0) is 4.74 Å².